The number of hydrogen-bond donors (Lipinski definition) is 2. The van der Waals surface area contributed by atoms with E-state index in [1.165, 1.54) is 47.0 Å². The largest absolute Gasteiger partial charge is 0.573 e. The summed E-state index contributed by atoms with van der Waals surface area (Å²) < 4.78 is 48.2. The highest BCUT2D eigenvalue weighted by molar-refractivity contribution is 8.15. The number of halogens is 3. The minimum Gasteiger partial charge on any atom is -0.478 e. The van der Waals surface area contributed by atoms with Crippen molar-refractivity contribution in [1.29, 1.82) is 0 Å². The van der Waals surface area contributed by atoms with Crippen LogP contribution in [0.2, 0.25) is 0 Å². The molecule has 1 saturated heterocycles. The van der Waals surface area contributed by atoms with E-state index in [4.69, 9.17) is 4.74 Å². The number of aromatic nitrogens is 3. The van der Waals surface area contributed by atoms with Crippen LogP contribution in [0.15, 0.2) is 78.0 Å². The van der Waals surface area contributed by atoms with Gasteiger partial charge in [-0.25, -0.2) is 20.0 Å². The number of aliphatic hydroxyl groups is 1. The number of amidine groups is 1. The molecule has 5 rings (SSSR count). The Bertz CT molecular complexity index is 1640. The van der Waals surface area contributed by atoms with E-state index in [2.05, 4.69) is 39.0 Å². The second-order valence-corrected chi connectivity index (χ2v) is 11.0. The third-order valence-corrected chi connectivity index (χ3v) is 7.43. The van der Waals surface area contributed by atoms with Crippen molar-refractivity contribution in [2.24, 2.45) is 4.99 Å². The van der Waals surface area contributed by atoms with Crippen molar-refractivity contribution in [3.05, 3.63) is 84.2 Å². The van der Waals surface area contributed by atoms with E-state index < -0.39 is 12.7 Å². The Morgan fingerprint density at radius 1 is 1.07 bits per heavy atom. The Morgan fingerprint density at radius 2 is 1.77 bits per heavy atom. The fourth-order valence-corrected chi connectivity index (χ4v) is 5.29. The molecule has 1 unspecified atom stereocenters. The average Bonchev–Trinajstić information content (AvgIpc) is 3.60. The van der Waals surface area contributed by atoms with Gasteiger partial charge in [-0.15, -0.1) is 18.3 Å². The number of rotatable bonds is 10. The predicted octanol–water partition coefficient (Wildman–Crippen LogP) is 5.60. The number of nitrogens with zero attached hydrogens (tertiary/aromatic N) is 5. The van der Waals surface area contributed by atoms with Gasteiger partial charge in [0.25, 0.3) is 0 Å². The first kappa shape index (κ1) is 31.0. The Kier molecular flexibility index (Phi) is 9.22. The van der Waals surface area contributed by atoms with Crippen LogP contribution < -0.4 is 19.7 Å². The van der Waals surface area contributed by atoms with Crippen LogP contribution in [0, 0.1) is 6.92 Å². The number of amides is 1. The van der Waals surface area contributed by atoms with Crippen LogP contribution in [-0.2, 0) is 4.79 Å². The first-order valence-electron chi connectivity index (χ1n) is 13.5. The van der Waals surface area contributed by atoms with E-state index in [9.17, 15) is 23.1 Å². The zero-order valence-electron chi connectivity index (χ0n) is 23.9. The molecule has 1 atom stereocenters. The molecule has 14 heteroatoms. The monoisotopic (exact) mass is 626 g/mol. The van der Waals surface area contributed by atoms with Gasteiger partial charge in [-0.1, -0.05) is 37.7 Å². The van der Waals surface area contributed by atoms with Crippen molar-refractivity contribution < 1.29 is 32.5 Å². The zero-order valence-corrected chi connectivity index (χ0v) is 24.8. The molecule has 1 aliphatic rings. The van der Waals surface area contributed by atoms with E-state index in [0.717, 1.165) is 16.8 Å². The second kappa shape index (κ2) is 13.1. The summed E-state index contributed by atoms with van der Waals surface area (Å²) in [4.78, 5) is 22.9. The van der Waals surface area contributed by atoms with E-state index in [1.54, 1.807) is 29.2 Å². The molecular weight excluding hydrogens is 597 g/mol. The van der Waals surface area contributed by atoms with Crippen LogP contribution in [0.3, 0.4) is 0 Å². The number of thioether (sulfide) groups is 1. The van der Waals surface area contributed by atoms with E-state index in [0.29, 0.717) is 28.0 Å². The summed E-state index contributed by atoms with van der Waals surface area (Å²) in [6.45, 7) is 6.03. The molecule has 4 aromatic rings. The van der Waals surface area contributed by atoms with Gasteiger partial charge in [0, 0.05) is 5.56 Å². The number of hydrogen-bond acceptors (Lipinski definition) is 9. The molecule has 0 aliphatic carbocycles. The van der Waals surface area contributed by atoms with Gasteiger partial charge in [0.2, 0.25) is 12.3 Å². The number of alkyl halides is 3. The van der Waals surface area contributed by atoms with Crippen LogP contribution >= 0.6 is 11.8 Å². The SMILES string of the molecule is Cc1ccc(C(C)C)c(N2C(=O)CSC2=NC(O)NCOc2ccc(-c3ncn(-c4ccc(OC(F)(F)F)cc4)n3)cc2)c1. The average molecular weight is 627 g/mol. The molecule has 1 amide bonds. The molecule has 10 nitrogen and oxygen atoms in total. The summed E-state index contributed by atoms with van der Waals surface area (Å²) in [5.74, 6) is 0.909. The number of ether oxygens (including phenoxy) is 2. The van der Waals surface area contributed by atoms with Gasteiger partial charge < -0.3 is 14.6 Å². The van der Waals surface area contributed by atoms with Crippen LogP contribution in [-0.4, -0.2) is 56.1 Å². The Balaban J connectivity index is 1.17. The van der Waals surface area contributed by atoms with E-state index >= 15 is 0 Å². The fraction of sp³-hybridized carbons (Fsp3) is 0.267. The lowest BCUT2D eigenvalue weighted by atomic mass is 9.99. The van der Waals surface area contributed by atoms with Gasteiger partial charge >= 0.3 is 6.36 Å². The number of aliphatic hydroxyl groups excluding tert-OH is 1. The lowest BCUT2D eigenvalue weighted by Gasteiger charge is -2.23. The lowest BCUT2D eigenvalue weighted by molar-refractivity contribution is -0.274. The van der Waals surface area contributed by atoms with Crippen LogP contribution in [0.4, 0.5) is 18.9 Å². The normalized spacial score (nSPS) is 15.3. The van der Waals surface area contributed by atoms with Crippen molar-refractivity contribution in [3.8, 4) is 28.6 Å². The van der Waals surface area contributed by atoms with Crippen molar-refractivity contribution in [2.75, 3.05) is 17.4 Å². The zero-order chi connectivity index (χ0) is 31.4. The van der Waals surface area contributed by atoms with Gasteiger partial charge in [-0.2, -0.15) is 0 Å². The van der Waals surface area contributed by atoms with Gasteiger partial charge in [-0.05, 0) is 78.6 Å². The summed E-state index contributed by atoms with van der Waals surface area (Å²) >= 11 is 1.27. The van der Waals surface area contributed by atoms with Crippen LogP contribution in [0.5, 0.6) is 11.5 Å². The third kappa shape index (κ3) is 7.56. The first-order chi connectivity index (χ1) is 21.0. The first-order valence-corrected chi connectivity index (χ1v) is 14.5. The molecule has 3 aromatic carbocycles. The summed E-state index contributed by atoms with van der Waals surface area (Å²) in [6, 6.07) is 18.2. The number of aliphatic imine (C=N–C) groups is 1. The van der Waals surface area contributed by atoms with Crippen LogP contribution in [0.1, 0.15) is 30.9 Å². The summed E-state index contributed by atoms with van der Waals surface area (Å²) in [5, 5.41) is 18.1. The maximum Gasteiger partial charge on any atom is 0.573 e. The molecule has 1 aliphatic heterocycles. The topological polar surface area (TPSA) is 114 Å². The minimum absolute atomic E-state index is 0.0570. The van der Waals surface area contributed by atoms with Gasteiger partial charge in [0.05, 0.1) is 17.1 Å². The fourth-order valence-electron chi connectivity index (χ4n) is 4.40. The molecule has 44 heavy (non-hydrogen) atoms. The lowest BCUT2D eigenvalue weighted by Crippen LogP contribution is -2.35. The highest BCUT2D eigenvalue weighted by Crippen LogP contribution is 2.34. The maximum atomic E-state index is 12.8. The number of anilines is 1. The number of aryl methyl sites for hydroxylation is 1. The molecule has 230 valence electrons. The molecule has 2 heterocycles. The van der Waals surface area contributed by atoms with Gasteiger partial charge in [-0.3, -0.25) is 9.69 Å². The van der Waals surface area contributed by atoms with Crippen molar-refractivity contribution in [1.82, 2.24) is 20.1 Å². The molecule has 0 radical (unpaired) electrons. The van der Waals surface area contributed by atoms with E-state index in [1.807, 2.05) is 25.1 Å². The van der Waals surface area contributed by atoms with Gasteiger partial charge in [0.1, 0.15) is 24.6 Å². The molecular formula is C30H29F3N6O4S. The maximum absolute atomic E-state index is 12.8. The summed E-state index contributed by atoms with van der Waals surface area (Å²) in [5.41, 5.74) is 4.00. The number of benzene rings is 3. The quantitative estimate of drug-likeness (QED) is 0.219. The number of carbonyl (C=O) groups excluding carboxylic acids is 1. The van der Waals surface area contributed by atoms with Crippen molar-refractivity contribution in [2.45, 2.75) is 39.4 Å². The predicted molar refractivity (Wildman–Crippen MR) is 161 cm³/mol. The Morgan fingerprint density at radius 3 is 2.45 bits per heavy atom. The van der Waals surface area contributed by atoms with Crippen molar-refractivity contribution in [3.63, 3.8) is 0 Å². The Hall–Kier alpha value is -4.40. The highest BCUT2D eigenvalue weighted by Gasteiger charge is 2.32. The van der Waals surface area contributed by atoms with Crippen molar-refractivity contribution >= 4 is 28.5 Å². The molecule has 1 aromatic heterocycles. The van der Waals surface area contributed by atoms with E-state index in [-0.39, 0.29) is 30.1 Å². The third-order valence-electron chi connectivity index (χ3n) is 6.49. The summed E-state index contributed by atoms with van der Waals surface area (Å²) in [7, 11) is 0. The van der Waals surface area contributed by atoms with Crippen LogP contribution in [0.25, 0.3) is 17.1 Å². The molecule has 0 saturated carbocycles. The number of nitrogens with one attached hydrogen (secondary N) is 1. The molecule has 2 N–H and O–H groups in total. The second-order valence-electron chi connectivity index (χ2n) is 10.1. The summed E-state index contributed by atoms with van der Waals surface area (Å²) in [6.07, 6.45) is -4.62. The molecule has 1 fully saturated rings. The standard InChI is InChI=1S/C30H29F3N6O4S/c1-18(2)24-13-4-19(3)14-25(24)39-26(40)15-44-29(39)36-28(41)35-17-42-22-9-5-20(6-10-22)27-34-16-38(37-27)21-7-11-23(12-8-21)43-30(31,32)33/h4-14,16,18,28,35,41H,15,17H2,1-3H3. The molecule has 0 spiro atoms. The smallest absolute Gasteiger partial charge is 0.478 e. The Labute approximate surface area is 255 Å². The molecule has 0 bridgehead atoms. The minimum atomic E-state index is -4.76. The number of carbonyl (C=O) groups is 1. The van der Waals surface area contributed by atoms with Gasteiger partial charge in [0.15, 0.2) is 11.0 Å². The highest BCUT2D eigenvalue weighted by atomic mass is 32.2.